The maximum Gasteiger partial charge on any atom is 0.0705 e. The fraction of sp³-hybridized carbons (Fsp3) is 0.471. The molecule has 0 amide bonds. The third kappa shape index (κ3) is 2.21. The molecule has 1 aromatic carbocycles. The Morgan fingerprint density at radius 2 is 2.05 bits per heavy atom. The molecule has 2 saturated heterocycles. The SMILES string of the molecule is c1ccc2c(CN3CCN4CCCC4C3)ccnc2c1. The molecule has 1 aromatic heterocycles. The largest absolute Gasteiger partial charge is 0.298 e. The molecule has 3 nitrogen and oxygen atoms in total. The zero-order valence-electron chi connectivity index (χ0n) is 11.8. The molecule has 2 fully saturated rings. The van der Waals surface area contributed by atoms with E-state index in [1.54, 1.807) is 0 Å². The highest BCUT2D eigenvalue weighted by molar-refractivity contribution is 5.81. The van der Waals surface area contributed by atoms with Gasteiger partial charge in [-0.1, -0.05) is 18.2 Å². The maximum atomic E-state index is 4.46. The Morgan fingerprint density at radius 1 is 1.10 bits per heavy atom. The number of pyridine rings is 1. The third-order valence-corrected chi connectivity index (χ3v) is 4.80. The first-order valence-electron chi connectivity index (χ1n) is 7.69. The van der Waals surface area contributed by atoms with Crippen molar-refractivity contribution >= 4 is 10.9 Å². The Morgan fingerprint density at radius 3 is 3.05 bits per heavy atom. The predicted molar refractivity (Wildman–Crippen MR) is 81.6 cm³/mol. The van der Waals surface area contributed by atoms with Gasteiger partial charge in [0.05, 0.1) is 5.52 Å². The van der Waals surface area contributed by atoms with Crippen LogP contribution in [0.15, 0.2) is 36.5 Å². The van der Waals surface area contributed by atoms with Crippen LogP contribution in [0.3, 0.4) is 0 Å². The molecule has 4 rings (SSSR count). The first kappa shape index (κ1) is 12.3. The molecule has 1 unspecified atom stereocenters. The van der Waals surface area contributed by atoms with Gasteiger partial charge < -0.3 is 0 Å². The molecular formula is C17H21N3. The predicted octanol–water partition coefficient (Wildman–Crippen LogP) is 2.51. The summed E-state index contributed by atoms with van der Waals surface area (Å²) >= 11 is 0. The molecule has 0 bridgehead atoms. The summed E-state index contributed by atoms with van der Waals surface area (Å²) in [5, 5.41) is 1.31. The van der Waals surface area contributed by atoms with Crippen molar-refractivity contribution in [2.45, 2.75) is 25.4 Å². The van der Waals surface area contributed by atoms with Crippen LogP contribution in [-0.4, -0.2) is 47.0 Å². The molecule has 2 aliphatic heterocycles. The Balaban J connectivity index is 1.56. The quantitative estimate of drug-likeness (QED) is 0.833. The second-order valence-corrected chi connectivity index (χ2v) is 6.05. The van der Waals surface area contributed by atoms with Crippen LogP contribution in [0.4, 0.5) is 0 Å². The van der Waals surface area contributed by atoms with Gasteiger partial charge in [-0.05, 0) is 37.1 Å². The second-order valence-electron chi connectivity index (χ2n) is 6.05. The Bertz CT molecular complexity index is 605. The van der Waals surface area contributed by atoms with E-state index < -0.39 is 0 Å². The summed E-state index contributed by atoms with van der Waals surface area (Å²) in [6.45, 7) is 6.06. The molecule has 0 N–H and O–H groups in total. The molecule has 0 radical (unpaired) electrons. The van der Waals surface area contributed by atoms with Crippen LogP contribution in [-0.2, 0) is 6.54 Å². The van der Waals surface area contributed by atoms with Gasteiger partial charge in [0.15, 0.2) is 0 Å². The molecule has 2 aromatic rings. The van der Waals surface area contributed by atoms with Crippen molar-refractivity contribution in [1.29, 1.82) is 0 Å². The monoisotopic (exact) mass is 267 g/mol. The molecule has 2 aliphatic rings. The number of rotatable bonds is 2. The van der Waals surface area contributed by atoms with Gasteiger partial charge >= 0.3 is 0 Å². The minimum Gasteiger partial charge on any atom is -0.298 e. The van der Waals surface area contributed by atoms with Gasteiger partial charge in [-0.25, -0.2) is 0 Å². The van der Waals surface area contributed by atoms with Gasteiger partial charge in [0.25, 0.3) is 0 Å². The third-order valence-electron chi connectivity index (χ3n) is 4.80. The van der Waals surface area contributed by atoms with Crippen molar-refractivity contribution in [3.8, 4) is 0 Å². The van der Waals surface area contributed by atoms with Crippen molar-refractivity contribution < 1.29 is 0 Å². The molecule has 3 heterocycles. The van der Waals surface area contributed by atoms with Crippen molar-refractivity contribution in [1.82, 2.24) is 14.8 Å². The number of hydrogen-bond acceptors (Lipinski definition) is 3. The molecule has 1 atom stereocenters. The van der Waals surface area contributed by atoms with E-state index in [2.05, 4.69) is 45.1 Å². The van der Waals surface area contributed by atoms with Crippen LogP contribution < -0.4 is 0 Å². The smallest absolute Gasteiger partial charge is 0.0705 e. The first-order chi connectivity index (χ1) is 9.90. The van der Waals surface area contributed by atoms with Crippen LogP contribution >= 0.6 is 0 Å². The summed E-state index contributed by atoms with van der Waals surface area (Å²) in [7, 11) is 0. The zero-order valence-corrected chi connectivity index (χ0v) is 11.8. The van der Waals surface area contributed by atoms with E-state index in [1.807, 2.05) is 6.20 Å². The maximum absolute atomic E-state index is 4.46. The molecule has 20 heavy (non-hydrogen) atoms. The van der Waals surface area contributed by atoms with Crippen molar-refractivity contribution in [2.24, 2.45) is 0 Å². The fourth-order valence-electron chi connectivity index (χ4n) is 3.73. The summed E-state index contributed by atoms with van der Waals surface area (Å²) in [6.07, 6.45) is 4.72. The summed E-state index contributed by atoms with van der Waals surface area (Å²) in [4.78, 5) is 9.75. The van der Waals surface area contributed by atoms with E-state index in [0.29, 0.717) is 0 Å². The fourth-order valence-corrected chi connectivity index (χ4v) is 3.73. The highest BCUT2D eigenvalue weighted by atomic mass is 15.3. The van der Waals surface area contributed by atoms with Gasteiger partial charge in [0.2, 0.25) is 0 Å². The lowest BCUT2D eigenvalue weighted by Crippen LogP contribution is -2.49. The number of hydrogen-bond donors (Lipinski definition) is 0. The number of nitrogens with zero attached hydrogens (tertiary/aromatic N) is 3. The van der Waals surface area contributed by atoms with E-state index in [-0.39, 0.29) is 0 Å². The minimum absolute atomic E-state index is 0.803. The van der Waals surface area contributed by atoms with Crippen LogP contribution in [0.2, 0.25) is 0 Å². The molecular weight excluding hydrogens is 246 g/mol. The minimum atomic E-state index is 0.803. The number of fused-ring (bicyclic) bond motifs is 2. The highest BCUT2D eigenvalue weighted by Crippen LogP contribution is 2.24. The molecule has 0 saturated carbocycles. The van der Waals surface area contributed by atoms with Crippen LogP contribution in [0.5, 0.6) is 0 Å². The number of aromatic nitrogens is 1. The van der Waals surface area contributed by atoms with Gasteiger partial charge in [0, 0.05) is 43.8 Å². The molecule has 0 aliphatic carbocycles. The van der Waals surface area contributed by atoms with Gasteiger partial charge in [-0.15, -0.1) is 0 Å². The lowest BCUT2D eigenvalue weighted by Gasteiger charge is -2.37. The molecule has 104 valence electrons. The zero-order chi connectivity index (χ0) is 13.4. The summed E-state index contributed by atoms with van der Waals surface area (Å²) in [6, 6.07) is 11.5. The van der Waals surface area contributed by atoms with E-state index in [4.69, 9.17) is 0 Å². The summed E-state index contributed by atoms with van der Waals surface area (Å²) in [5.41, 5.74) is 2.53. The second kappa shape index (κ2) is 5.15. The summed E-state index contributed by atoms with van der Waals surface area (Å²) in [5.74, 6) is 0. The van der Waals surface area contributed by atoms with Crippen molar-refractivity contribution in [3.63, 3.8) is 0 Å². The lowest BCUT2D eigenvalue weighted by molar-refractivity contribution is 0.0997. The normalized spacial score (nSPS) is 24.1. The topological polar surface area (TPSA) is 19.4 Å². The van der Waals surface area contributed by atoms with Gasteiger partial charge in [0.1, 0.15) is 0 Å². The Kier molecular flexibility index (Phi) is 3.17. The lowest BCUT2D eigenvalue weighted by atomic mass is 10.1. The first-order valence-corrected chi connectivity index (χ1v) is 7.69. The van der Waals surface area contributed by atoms with Crippen LogP contribution in [0.1, 0.15) is 18.4 Å². The Hall–Kier alpha value is -1.45. The average molecular weight is 267 g/mol. The van der Waals surface area contributed by atoms with E-state index in [1.165, 1.54) is 50.0 Å². The van der Waals surface area contributed by atoms with Crippen LogP contribution in [0.25, 0.3) is 10.9 Å². The Labute approximate surface area is 120 Å². The van der Waals surface area contributed by atoms with E-state index in [0.717, 1.165) is 18.1 Å². The summed E-state index contributed by atoms with van der Waals surface area (Å²) < 4.78 is 0. The number of piperazine rings is 1. The average Bonchev–Trinajstić information content (AvgIpc) is 2.95. The van der Waals surface area contributed by atoms with E-state index >= 15 is 0 Å². The van der Waals surface area contributed by atoms with E-state index in [9.17, 15) is 0 Å². The van der Waals surface area contributed by atoms with Crippen LogP contribution in [0, 0.1) is 0 Å². The van der Waals surface area contributed by atoms with Gasteiger partial charge in [-0.3, -0.25) is 14.8 Å². The highest BCUT2D eigenvalue weighted by Gasteiger charge is 2.30. The number of benzene rings is 1. The van der Waals surface area contributed by atoms with Gasteiger partial charge in [-0.2, -0.15) is 0 Å². The molecule has 0 spiro atoms. The standard InChI is InChI=1S/C17H21N3/c1-2-6-17-16(5-1)14(7-8-18-17)12-19-10-11-20-9-3-4-15(20)13-19/h1-2,5-8,15H,3-4,9-13H2. The van der Waals surface area contributed by atoms with Crippen molar-refractivity contribution in [2.75, 3.05) is 26.2 Å². The number of para-hydroxylation sites is 1. The molecule has 3 heteroatoms. The van der Waals surface area contributed by atoms with Crippen molar-refractivity contribution in [3.05, 3.63) is 42.1 Å².